The van der Waals surface area contributed by atoms with Crippen molar-refractivity contribution in [1.82, 2.24) is 10.2 Å². The second-order valence-corrected chi connectivity index (χ2v) is 7.95. The maximum absolute atomic E-state index is 12.3. The van der Waals surface area contributed by atoms with E-state index >= 15 is 0 Å². The Hall–Kier alpha value is -2.86. The number of amides is 2. The second-order valence-electron chi connectivity index (χ2n) is 7.95. The standard InChI is InChI=1S/C23H26N2O4/c26-21(22(27)25-12-10-19-14-23(19,28)16-25)24-11-9-17-7-4-8-20(13-17)29-15-18-5-2-1-3-6-18/h1-8,13,19,28H,9-12,14-16H2,(H,24,26)/t19-,23+/m1/s1. The molecule has 0 bridgehead atoms. The fourth-order valence-corrected chi connectivity index (χ4v) is 3.90. The molecule has 6 nitrogen and oxygen atoms in total. The first-order chi connectivity index (χ1) is 14.0. The van der Waals surface area contributed by atoms with E-state index < -0.39 is 17.4 Å². The number of carbonyl (C=O) groups excluding carboxylic acids is 2. The lowest BCUT2D eigenvalue weighted by Gasteiger charge is -2.29. The minimum Gasteiger partial charge on any atom is -0.489 e. The molecule has 2 fully saturated rings. The number of benzene rings is 2. The Morgan fingerprint density at radius 1 is 1.14 bits per heavy atom. The van der Waals surface area contributed by atoms with E-state index in [0.717, 1.165) is 29.7 Å². The molecule has 1 saturated heterocycles. The number of carbonyl (C=O) groups is 2. The van der Waals surface area contributed by atoms with E-state index in [0.29, 0.717) is 32.0 Å². The number of nitrogens with one attached hydrogen (secondary N) is 1. The van der Waals surface area contributed by atoms with Crippen molar-refractivity contribution in [2.75, 3.05) is 19.6 Å². The first-order valence-corrected chi connectivity index (χ1v) is 10.1. The number of hydrogen-bond acceptors (Lipinski definition) is 4. The molecular weight excluding hydrogens is 368 g/mol. The van der Waals surface area contributed by atoms with Gasteiger partial charge in [0.15, 0.2) is 0 Å². The van der Waals surface area contributed by atoms with Crippen molar-refractivity contribution in [2.24, 2.45) is 5.92 Å². The Labute approximate surface area is 170 Å². The zero-order valence-corrected chi connectivity index (χ0v) is 16.3. The Morgan fingerprint density at radius 2 is 1.93 bits per heavy atom. The third-order valence-electron chi connectivity index (χ3n) is 5.74. The van der Waals surface area contributed by atoms with Crippen molar-refractivity contribution in [3.63, 3.8) is 0 Å². The number of likely N-dealkylation sites (tertiary alicyclic amines) is 1. The summed E-state index contributed by atoms with van der Waals surface area (Å²) in [5, 5.41) is 12.9. The zero-order chi connectivity index (χ0) is 20.3. The van der Waals surface area contributed by atoms with Gasteiger partial charge in [-0.25, -0.2) is 0 Å². The van der Waals surface area contributed by atoms with Crippen LogP contribution in [0, 0.1) is 5.92 Å². The SMILES string of the molecule is O=C(NCCc1cccc(OCc2ccccc2)c1)C(=O)N1CC[C@@H]2C[C@]2(O)C1. The summed E-state index contributed by atoms with van der Waals surface area (Å²) >= 11 is 0. The van der Waals surface area contributed by atoms with E-state index in [9.17, 15) is 14.7 Å². The summed E-state index contributed by atoms with van der Waals surface area (Å²) in [7, 11) is 0. The molecule has 29 heavy (non-hydrogen) atoms. The molecule has 0 spiro atoms. The highest BCUT2D eigenvalue weighted by atomic mass is 16.5. The molecule has 6 heteroatoms. The van der Waals surface area contributed by atoms with E-state index in [1.54, 1.807) is 0 Å². The van der Waals surface area contributed by atoms with Crippen LogP contribution in [0.2, 0.25) is 0 Å². The van der Waals surface area contributed by atoms with E-state index in [-0.39, 0.29) is 6.54 Å². The third kappa shape index (κ3) is 4.77. The van der Waals surface area contributed by atoms with Crippen molar-refractivity contribution in [1.29, 1.82) is 0 Å². The van der Waals surface area contributed by atoms with E-state index in [1.807, 2.05) is 54.6 Å². The van der Waals surface area contributed by atoms with Gasteiger partial charge in [-0.2, -0.15) is 0 Å². The van der Waals surface area contributed by atoms with Gasteiger partial charge in [0, 0.05) is 13.1 Å². The van der Waals surface area contributed by atoms with Gasteiger partial charge in [-0.3, -0.25) is 9.59 Å². The molecular formula is C23H26N2O4. The van der Waals surface area contributed by atoms with Gasteiger partial charge in [-0.1, -0.05) is 42.5 Å². The number of β-amino-alcohol motifs (C(OH)–C–C–N with tert-alkyl or cyclic N) is 1. The monoisotopic (exact) mass is 394 g/mol. The molecule has 2 N–H and O–H groups in total. The molecule has 4 rings (SSSR count). The van der Waals surface area contributed by atoms with Gasteiger partial charge < -0.3 is 20.1 Å². The van der Waals surface area contributed by atoms with Gasteiger partial charge in [-0.05, 0) is 48.4 Å². The molecule has 0 aromatic heterocycles. The minimum absolute atomic E-state index is 0.269. The number of fused-ring (bicyclic) bond motifs is 1. The summed E-state index contributed by atoms with van der Waals surface area (Å²) in [6.45, 7) is 1.68. The zero-order valence-electron chi connectivity index (χ0n) is 16.3. The van der Waals surface area contributed by atoms with Gasteiger partial charge in [0.05, 0.1) is 12.1 Å². The lowest BCUT2D eigenvalue weighted by Crippen LogP contribution is -2.49. The Morgan fingerprint density at radius 3 is 2.72 bits per heavy atom. The molecule has 0 radical (unpaired) electrons. The number of piperidine rings is 1. The lowest BCUT2D eigenvalue weighted by molar-refractivity contribution is -0.148. The predicted octanol–water partition coefficient (Wildman–Crippen LogP) is 1.91. The lowest BCUT2D eigenvalue weighted by atomic mass is 10.1. The van der Waals surface area contributed by atoms with Crippen molar-refractivity contribution < 1.29 is 19.4 Å². The minimum atomic E-state index is -0.756. The van der Waals surface area contributed by atoms with Gasteiger partial charge in [0.25, 0.3) is 0 Å². The Balaban J connectivity index is 1.23. The maximum Gasteiger partial charge on any atom is 0.311 e. The van der Waals surface area contributed by atoms with Crippen LogP contribution in [-0.2, 0) is 22.6 Å². The van der Waals surface area contributed by atoms with E-state index in [4.69, 9.17) is 4.74 Å². The molecule has 0 unspecified atom stereocenters. The summed E-state index contributed by atoms with van der Waals surface area (Å²) in [4.78, 5) is 25.9. The van der Waals surface area contributed by atoms with Crippen LogP contribution in [0.5, 0.6) is 5.75 Å². The van der Waals surface area contributed by atoms with Gasteiger partial charge >= 0.3 is 11.8 Å². The largest absolute Gasteiger partial charge is 0.489 e. The molecule has 1 heterocycles. The first-order valence-electron chi connectivity index (χ1n) is 10.1. The summed E-state index contributed by atoms with van der Waals surface area (Å²) in [6, 6.07) is 17.7. The van der Waals surface area contributed by atoms with Crippen LogP contribution in [0.15, 0.2) is 54.6 Å². The third-order valence-corrected chi connectivity index (χ3v) is 5.74. The van der Waals surface area contributed by atoms with Crippen molar-refractivity contribution >= 4 is 11.8 Å². The Bertz CT molecular complexity index is 885. The van der Waals surface area contributed by atoms with Crippen molar-refractivity contribution in [3.05, 3.63) is 65.7 Å². The number of hydrogen-bond donors (Lipinski definition) is 2. The topological polar surface area (TPSA) is 78.9 Å². The predicted molar refractivity (Wildman–Crippen MR) is 108 cm³/mol. The summed E-state index contributed by atoms with van der Waals surface area (Å²) in [5.41, 5.74) is 1.37. The molecule has 1 aliphatic carbocycles. The Kier molecular flexibility index (Phi) is 5.53. The maximum atomic E-state index is 12.3. The highest BCUT2D eigenvalue weighted by molar-refractivity contribution is 6.35. The van der Waals surface area contributed by atoms with Crippen LogP contribution < -0.4 is 10.1 Å². The average Bonchev–Trinajstić information content (AvgIpc) is 3.43. The fraction of sp³-hybridized carbons (Fsp3) is 0.391. The number of ether oxygens (including phenoxy) is 1. The van der Waals surface area contributed by atoms with E-state index in [2.05, 4.69) is 5.32 Å². The van der Waals surface area contributed by atoms with Crippen LogP contribution >= 0.6 is 0 Å². The highest BCUT2D eigenvalue weighted by Gasteiger charge is 2.56. The molecule has 2 aromatic carbocycles. The molecule has 2 aliphatic rings. The smallest absolute Gasteiger partial charge is 0.311 e. The van der Waals surface area contributed by atoms with Crippen LogP contribution in [0.4, 0.5) is 0 Å². The number of aliphatic hydroxyl groups is 1. The number of rotatable bonds is 6. The second kappa shape index (κ2) is 8.25. The normalized spacial score (nSPS) is 22.5. The first kappa shape index (κ1) is 19.5. The van der Waals surface area contributed by atoms with Crippen molar-refractivity contribution in [2.45, 2.75) is 31.5 Å². The summed E-state index contributed by atoms with van der Waals surface area (Å²) in [5.74, 6) is -0.0896. The van der Waals surface area contributed by atoms with Gasteiger partial charge in [-0.15, -0.1) is 0 Å². The van der Waals surface area contributed by atoms with E-state index in [1.165, 1.54) is 4.90 Å². The fourth-order valence-electron chi connectivity index (χ4n) is 3.90. The van der Waals surface area contributed by atoms with Crippen LogP contribution in [-0.4, -0.2) is 47.1 Å². The summed E-state index contributed by atoms with van der Waals surface area (Å²) < 4.78 is 5.83. The highest BCUT2D eigenvalue weighted by Crippen LogP contribution is 2.48. The van der Waals surface area contributed by atoms with Crippen LogP contribution in [0.3, 0.4) is 0 Å². The van der Waals surface area contributed by atoms with Crippen molar-refractivity contribution in [3.8, 4) is 5.75 Å². The molecule has 2 atom stereocenters. The van der Waals surface area contributed by atoms with Gasteiger partial charge in [0.1, 0.15) is 12.4 Å². The quantitative estimate of drug-likeness (QED) is 0.734. The summed E-state index contributed by atoms with van der Waals surface area (Å²) in [6.07, 6.45) is 2.11. The molecule has 1 aliphatic heterocycles. The van der Waals surface area contributed by atoms with Crippen LogP contribution in [0.25, 0.3) is 0 Å². The molecule has 2 amide bonds. The molecule has 2 aromatic rings. The number of nitrogens with zero attached hydrogens (tertiary/aromatic N) is 1. The molecule has 1 saturated carbocycles. The molecule has 152 valence electrons. The average molecular weight is 394 g/mol. The van der Waals surface area contributed by atoms with Gasteiger partial charge in [0.2, 0.25) is 0 Å². The van der Waals surface area contributed by atoms with Crippen LogP contribution in [0.1, 0.15) is 24.0 Å².